The predicted molar refractivity (Wildman–Crippen MR) is 81.1 cm³/mol. The second-order valence-electron chi connectivity index (χ2n) is 5.14. The van der Waals surface area contributed by atoms with Gasteiger partial charge in [0.15, 0.2) is 0 Å². The lowest BCUT2D eigenvalue weighted by molar-refractivity contribution is -0.130. The molecular weight excluding hydrogens is 287 g/mol. The van der Waals surface area contributed by atoms with Crippen molar-refractivity contribution in [2.75, 3.05) is 25.5 Å². The number of anilines is 1. The van der Waals surface area contributed by atoms with Crippen LogP contribution in [0.3, 0.4) is 0 Å². The number of rotatable bonds is 4. The van der Waals surface area contributed by atoms with Gasteiger partial charge in [0.05, 0.1) is 12.8 Å². The van der Waals surface area contributed by atoms with E-state index in [9.17, 15) is 14.0 Å². The number of amides is 2. The van der Waals surface area contributed by atoms with E-state index in [0.717, 1.165) is 0 Å². The molecule has 0 saturated carbocycles. The first-order chi connectivity index (χ1) is 10.5. The second kappa shape index (κ2) is 7.06. The minimum atomic E-state index is -0.506. The number of nitrogens with zero attached hydrogens (tertiary/aromatic N) is 1. The van der Waals surface area contributed by atoms with Crippen molar-refractivity contribution in [3.05, 3.63) is 36.7 Å². The molecule has 1 aromatic carbocycles. The summed E-state index contributed by atoms with van der Waals surface area (Å²) in [5, 5.41) is 2.60. The molecule has 0 atom stereocenters. The minimum Gasteiger partial charge on any atom is -0.497 e. The molecule has 6 heteroatoms. The highest BCUT2D eigenvalue weighted by Gasteiger charge is 2.26. The Labute approximate surface area is 128 Å². The topological polar surface area (TPSA) is 58.6 Å². The van der Waals surface area contributed by atoms with Gasteiger partial charge < -0.3 is 15.0 Å². The lowest BCUT2D eigenvalue weighted by Crippen LogP contribution is -2.40. The van der Waals surface area contributed by atoms with Gasteiger partial charge in [-0.25, -0.2) is 4.39 Å². The molecule has 1 heterocycles. The number of halogens is 1. The normalized spacial score (nSPS) is 15.3. The molecule has 0 bridgehead atoms. The third kappa shape index (κ3) is 3.63. The molecular formula is C16H19FN2O3. The lowest BCUT2D eigenvalue weighted by atomic mass is 9.95. The Balaban J connectivity index is 1.96. The van der Waals surface area contributed by atoms with Crippen LogP contribution in [0.25, 0.3) is 0 Å². The van der Waals surface area contributed by atoms with Gasteiger partial charge >= 0.3 is 0 Å². The number of likely N-dealkylation sites (tertiary alicyclic amines) is 1. The fourth-order valence-corrected chi connectivity index (χ4v) is 2.45. The number of ether oxygens (including phenoxy) is 1. The van der Waals surface area contributed by atoms with Crippen molar-refractivity contribution in [3.8, 4) is 5.75 Å². The molecule has 1 fully saturated rings. The predicted octanol–water partition coefficient (Wildman–Crippen LogP) is 2.20. The summed E-state index contributed by atoms with van der Waals surface area (Å²) in [5.74, 6) is -0.633. The van der Waals surface area contributed by atoms with Gasteiger partial charge in [-0.2, -0.15) is 0 Å². The minimum absolute atomic E-state index is 0.106. The molecule has 0 unspecified atom stereocenters. The maximum Gasteiger partial charge on any atom is 0.245 e. The lowest BCUT2D eigenvalue weighted by Gasteiger charge is -2.30. The van der Waals surface area contributed by atoms with Gasteiger partial charge in [-0.15, -0.1) is 0 Å². The van der Waals surface area contributed by atoms with E-state index in [1.165, 1.54) is 31.4 Å². The standard InChI is InChI=1S/C16H19FN2O3/c1-3-15(20)19-8-6-11(7-9-19)16(21)18-14-10-12(22-2)4-5-13(14)17/h3-5,10-11H,1,6-9H2,2H3,(H,18,21). The fraction of sp³-hybridized carbons (Fsp3) is 0.375. The highest BCUT2D eigenvalue weighted by molar-refractivity contribution is 5.93. The Bertz CT molecular complexity index is 581. The van der Waals surface area contributed by atoms with Crippen molar-refractivity contribution >= 4 is 17.5 Å². The molecule has 2 amide bonds. The molecule has 0 aliphatic carbocycles. The SMILES string of the molecule is C=CC(=O)N1CCC(C(=O)Nc2cc(OC)ccc2F)CC1. The van der Waals surface area contributed by atoms with E-state index in [1.807, 2.05) is 0 Å². The van der Waals surface area contributed by atoms with Crippen LogP contribution in [0.1, 0.15) is 12.8 Å². The van der Waals surface area contributed by atoms with E-state index in [1.54, 1.807) is 4.90 Å². The van der Waals surface area contributed by atoms with Crippen LogP contribution in [0.2, 0.25) is 0 Å². The van der Waals surface area contributed by atoms with Crippen LogP contribution in [-0.4, -0.2) is 36.9 Å². The van der Waals surface area contributed by atoms with Crippen LogP contribution in [0.5, 0.6) is 5.75 Å². The Hall–Kier alpha value is -2.37. The number of piperidine rings is 1. The van der Waals surface area contributed by atoms with E-state index in [0.29, 0.717) is 31.7 Å². The van der Waals surface area contributed by atoms with Crippen LogP contribution in [-0.2, 0) is 9.59 Å². The first kappa shape index (κ1) is 16.0. The second-order valence-corrected chi connectivity index (χ2v) is 5.14. The van der Waals surface area contributed by atoms with Crippen molar-refractivity contribution in [2.24, 2.45) is 5.92 Å². The number of hydrogen-bond acceptors (Lipinski definition) is 3. The van der Waals surface area contributed by atoms with E-state index in [4.69, 9.17) is 4.74 Å². The molecule has 1 aliphatic rings. The van der Waals surface area contributed by atoms with E-state index >= 15 is 0 Å². The smallest absolute Gasteiger partial charge is 0.245 e. The highest BCUT2D eigenvalue weighted by Crippen LogP contribution is 2.24. The third-order valence-corrected chi connectivity index (χ3v) is 3.78. The van der Waals surface area contributed by atoms with Crippen LogP contribution >= 0.6 is 0 Å². The van der Waals surface area contributed by atoms with Gasteiger partial charge in [0.25, 0.3) is 0 Å². The highest BCUT2D eigenvalue weighted by atomic mass is 19.1. The number of methoxy groups -OCH3 is 1. The summed E-state index contributed by atoms with van der Waals surface area (Å²) in [4.78, 5) is 25.4. The van der Waals surface area contributed by atoms with Crippen LogP contribution in [0.15, 0.2) is 30.9 Å². The zero-order chi connectivity index (χ0) is 16.1. The molecule has 1 N–H and O–H groups in total. The van der Waals surface area contributed by atoms with Gasteiger partial charge in [0.2, 0.25) is 11.8 Å². The number of nitrogens with one attached hydrogen (secondary N) is 1. The molecule has 0 radical (unpaired) electrons. The molecule has 22 heavy (non-hydrogen) atoms. The number of hydrogen-bond donors (Lipinski definition) is 1. The largest absolute Gasteiger partial charge is 0.497 e. The number of carbonyl (C=O) groups is 2. The van der Waals surface area contributed by atoms with Gasteiger partial charge in [-0.05, 0) is 31.1 Å². The Morgan fingerprint density at radius 3 is 2.68 bits per heavy atom. The van der Waals surface area contributed by atoms with E-state index in [-0.39, 0.29) is 23.4 Å². The average molecular weight is 306 g/mol. The van der Waals surface area contributed by atoms with Gasteiger partial charge in [-0.3, -0.25) is 9.59 Å². The molecule has 1 aliphatic heterocycles. The van der Waals surface area contributed by atoms with Gasteiger partial charge in [-0.1, -0.05) is 6.58 Å². The maximum atomic E-state index is 13.7. The van der Waals surface area contributed by atoms with Crippen molar-refractivity contribution in [3.63, 3.8) is 0 Å². The summed E-state index contributed by atoms with van der Waals surface area (Å²) in [6.07, 6.45) is 2.38. The zero-order valence-corrected chi connectivity index (χ0v) is 12.5. The number of carbonyl (C=O) groups excluding carboxylic acids is 2. The molecule has 118 valence electrons. The molecule has 0 spiro atoms. The van der Waals surface area contributed by atoms with Crippen molar-refractivity contribution in [1.29, 1.82) is 0 Å². The molecule has 1 aromatic rings. The quantitative estimate of drug-likeness (QED) is 0.868. The van der Waals surface area contributed by atoms with Crippen molar-refractivity contribution in [2.45, 2.75) is 12.8 Å². The van der Waals surface area contributed by atoms with Gasteiger partial charge in [0, 0.05) is 25.1 Å². The summed E-state index contributed by atoms with van der Waals surface area (Å²) < 4.78 is 18.7. The maximum absolute atomic E-state index is 13.7. The monoisotopic (exact) mass is 306 g/mol. The van der Waals surface area contributed by atoms with E-state index < -0.39 is 5.82 Å². The Morgan fingerprint density at radius 2 is 2.09 bits per heavy atom. The van der Waals surface area contributed by atoms with Crippen LogP contribution in [0.4, 0.5) is 10.1 Å². The molecule has 2 rings (SSSR count). The summed E-state index contributed by atoms with van der Waals surface area (Å²) in [5.41, 5.74) is 0.106. The summed E-state index contributed by atoms with van der Waals surface area (Å²) in [7, 11) is 1.48. The Kier molecular flexibility index (Phi) is 5.14. The summed E-state index contributed by atoms with van der Waals surface area (Å²) in [6.45, 7) is 4.45. The first-order valence-corrected chi connectivity index (χ1v) is 7.11. The zero-order valence-electron chi connectivity index (χ0n) is 12.5. The Morgan fingerprint density at radius 1 is 1.41 bits per heavy atom. The summed E-state index contributed by atoms with van der Waals surface area (Å²) in [6, 6.07) is 4.19. The fourth-order valence-electron chi connectivity index (χ4n) is 2.45. The van der Waals surface area contributed by atoms with Crippen LogP contribution < -0.4 is 10.1 Å². The molecule has 0 aromatic heterocycles. The molecule has 5 nitrogen and oxygen atoms in total. The van der Waals surface area contributed by atoms with Crippen molar-refractivity contribution < 1.29 is 18.7 Å². The van der Waals surface area contributed by atoms with E-state index in [2.05, 4.69) is 11.9 Å². The molecule has 1 saturated heterocycles. The average Bonchev–Trinajstić information content (AvgIpc) is 2.56. The van der Waals surface area contributed by atoms with Crippen LogP contribution in [0, 0.1) is 11.7 Å². The van der Waals surface area contributed by atoms with Gasteiger partial charge in [0.1, 0.15) is 11.6 Å². The van der Waals surface area contributed by atoms with Crippen molar-refractivity contribution in [1.82, 2.24) is 4.90 Å². The number of benzene rings is 1. The first-order valence-electron chi connectivity index (χ1n) is 7.11. The summed E-state index contributed by atoms with van der Waals surface area (Å²) >= 11 is 0. The third-order valence-electron chi connectivity index (χ3n) is 3.78.